The number of aryl methyl sites for hydroxylation is 4. The number of nitrogens with zero attached hydrogens (tertiary/aromatic N) is 1. The Bertz CT molecular complexity index is 7020. The summed E-state index contributed by atoms with van der Waals surface area (Å²) in [4.78, 5) is 100. The number of thiophene rings is 8. The van der Waals surface area contributed by atoms with Crippen LogP contribution in [0.3, 0.4) is 0 Å². The van der Waals surface area contributed by atoms with Crippen molar-refractivity contribution < 1.29 is 73.3 Å². The Morgan fingerprint density at radius 1 is 0.301 bits per heavy atom. The summed E-state index contributed by atoms with van der Waals surface area (Å²) in [6.45, 7) is 7.95. The first kappa shape index (κ1) is 99.6. The highest BCUT2D eigenvalue weighted by atomic mass is 32.1. The van der Waals surface area contributed by atoms with Crippen LogP contribution in [-0.4, -0.2) is 114 Å². The summed E-state index contributed by atoms with van der Waals surface area (Å²) >= 11 is 11.5. The molecule has 136 heavy (non-hydrogen) atoms. The van der Waals surface area contributed by atoms with Gasteiger partial charge in [-0.15, -0.1) is 68.0 Å². The van der Waals surface area contributed by atoms with E-state index in [1.54, 1.807) is 138 Å². The van der Waals surface area contributed by atoms with E-state index in [1.165, 1.54) is 98.0 Å². The number of anilines is 6. The van der Waals surface area contributed by atoms with Crippen molar-refractivity contribution in [1.29, 1.82) is 0 Å². The fraction of sp³-hybridized carbons (Fsp3) is 0.0400. The average molecular weight is 1960 g/mol. The lowest BCUT2D eigenvalue weighted by Gasteiger charge is -2.06. The highest BCUT2D eigenvalue weighted by Crippen LogP contribution is 2.36. The van der Waals surface area contributed by atoms with Crippen molar-refractivity contribution in [3.63, 3.8) is 0 Å². The first-order chi connectivity index (χ1) is 65.6. The number of para-hydroxylation sites is 3. The van der Waals surface area contributed by atoms with Gasteiger partial charge in [-0.3, -0.25) is 28.8 Å². The Hall–Kier alpha value is -13.9. The molecule has 36 heteroatoms. The minimum absolute atomic E-state index is 0.0488. The molecule has 0 atom stereocenters. The molecule has 0 radical (unpaired) electrons. The van der Waals surface area contributed by atoms with Gasteiger partial charge in [0, 0.05) is 80.9 Å². The maximum absolute atomic E-state index is 13.6. The van der Waals surface area contributed by atoms with E-state index in [2.05, 4.69) is 67.0 Å². The third-order valence-corrected chi connectivity index (χ3v) is 28.1. The summed E-state index contributed by atoms with van der Waals surface area (Å²) < 4.78 is 13.6. The van der Waals surface area contributed by atoms with Gasteiger partial charge in [0.1, 0.15) is 5.82 Å². The fourth-order valence-electron chi connectivity index (χ4n) is 12.8. The van der Waals surface area contributed by atoms with E-state index in [-0.39, 0.29) is 35.2 Å². The monoisotopic (exact) mass is 1950 g/mol. The van der Waals surface area contributed by atoms with Gasteiger partial charge in [-0.25, -0.2) is 14.2 Å². The Morgan fingerprint density at radius 3 is 1.06 bits per heavy atom. The molecule has 0 aliphatic heterocycles. The van der Waals surface area contributed by atoms with Crippen LogP contribution in [0.1, 0.15) is 80.3 Å². The molecule has 9 heterocycles. The Balaban J connectivity index is 0.000000138. The number of aromatic nitrogens is 2. The second-order valence-corrected chi connectivity index (χ2v) is 37.9. The molecular weight excluding hydrogens is 1870 g/mol. The molecule has 9 aromatic heterocycles. The number of halogens is 1. The SMILES string of the molecule is Cc1cccc(-c2ccc(C(=O)Nc3ccsc3)s2)c1.Cc1cccc(NC(=O)c2ccc(-c3cnc(=O)[nH]c3)s2)c1.Cc1ccccc1NC(=O)c1ccc(-c2ccc(B(O)O)cc2)s1.Cc1ccccc1NC(=O)c1ccc(-c2ccc(B(O)O)cc2)s1.O=C(Nc1cccc(B(O)O)c1)c1ccc(-c2ccsc2)s1.O=C(Nc1ccccc1F)c1ccc(-c2cccc(B(O)O)c2)s1. The number of hydrogen-bond donors (Lipinski definition) is 15. The minimum Gasteiger partial charge on any atom is -0.423 e. The van der Waals surface area contributed by atoms with Crippen LogP contribution < -0.4 is 59.4 Å². The molecule has 18 aromatic rings. The van der Waals surface area contributed by atoms with Crippen LogP contribution in [0.5, 0.6) is 0 Å². The van der Waals surface area contributed by atoms with E-state index < -0.39 is 45.9 Å². The van der Waals surface area contributed by atoms with E-state index >= 15 is 0 Å². The number of carbonyl (C=O) groups is 6. The van der Waals surface area contributed by atoms with Gasteiger partial charge in [0.05, 0.1) is 40.6 Å². The molecular formula is C100H83B4FN8O15S8. The number of carbonyl (C=O) groups excluding carboxylic acids is 6. The predicted octanol–water partition coefficient (Wildman–Crippen LogP) is 18.3. The summed E-state index contributed by atoms with van der Waals surface area (Å²) in [5.74, 6) is -1.57. The maximum atomic E-state index is 13.6. The van der Waals surface area contributed by atoms with Gasteiger partial charge in [-0.1, -0.05) is 175 Å². The summed E-state index contributed by atoms with van der Waals surface area (Å²) in [7, 11) is -6.05. The summed E-state index contributed by atoms with van der Waals surface area (Å²) in [5.41, 5.74) is 15.1. The Morgan fingerprint density at radius 2 is 0.654 bits per heavy atom. The molecule has 0 unspecified atom stereocenters. The normalized spacial score (nSPS) is 10.4. The molecule has 680 valence electrons. The van der Waals surface area contributed by atoms with Gasteiger partial charge in [0.15, 0.2) is 0 Å². The van der Waals surface area contributed by atoms with Gasteiger partial charge in [-0.2, -0.15) is 22.7 Å². The van der Waals surface area contributed by atoms with Gasteiger partial charge in [0.25, 0.3) is 35.4 Å². The van der Waals surface area contributed by atoms with Crippen LogP contribution in [0.4, 0.5) is 38.5 Å². The Labute approximate surface area is 814 Å². The topological polar surface area (TPSA) is 382 Å². The standard InChI is InChI=1S/2C18H16BNO3S.C17H13BFNO3S.C16H13N3O2S.C16H13NOS2.C15H12BNO3S2/c2*1-12-4-2-3-5-15(12)20-18(21)17-11-10-16(24-17)13-6-8-14(9-7-13)19(22)23;19-13-6-1-2-7-14(13)20-17(21)16-9-8-15(24-16)11-4-3-5-12(10-11)18(22)23;1-10-3-2-4-12(7-10)19-15(20)14-6-5-13(22-14)11-8-17-16(21)18-9-11;1-11-3-2-4-12(9-11)14-5-6-15(20-14)16(18)17-13-7-8-19-10-13;18-15(17-12-3-1-2-11(8-12)16(19)20)14-5-4-13(22-14)10-6-7-21-9-10/h2*2-11,22-23H,1H3,(H,20,21);1-10,22-23H,(H,20,21);2-9H,1H3,(H,19,20)(H,17,18,21);2-10H,1H3,(H,17,18);1-9,19-20H,(H,17,18). The van der Waals surface area contributed by atoms with Crippen LogP contribution >= 0.6 is 90.7 Å². The molecule has 9 aromatic carbocycles. The number of nitrogens with one attached hydrogen (secondary N) is 7. The molecule has 0 bridgehead atoms. The van der Waals surface area contributed by atoms with Crippen molar-refractivity contribution in [2.24, 2.45) is 0 Å². The molecule has 0 aliphatic rings. The number of aromatic amines is 1. The smallest absolute Gasteiger partial charge is 0.423 e. The summed E-state index contributed by atoms with van der Waals surface area (Å²) in [6, 6.07) is 90.3. The number of amides is 6. The predicted molar refractivity (Wildman–Crippen MR) is 557 cm³/mol. The van der Waals surface area contributed by atoms with E-state index in [1.807, 2.05) is 200 Å². The fourth-order valence-corrected chi connectivity index (χ4v) is 19.5. The Kier molecular flexibility index (Phi) is 35.4. The van der Waals surface area contributed by atoms with Gasteiger partial charge in [0.2, 0.25) is 0 Å². The molecule has 0 saturated heterocycles. The lowest BCUT2D eigenvalue weighted by molar-refractivity contribution is 0.102. The highest BCUT2D eigenvalue weighted by molar-refractivity contribution is 7.19. The van der Waals surface area contributed by atoms with Gasteiger partial charge in [-0.05, 0) is 238 Å². The number of H-pyrrole nitrogens is 1. The minimum atomic E-state index is -1.55. The average Bonchev–Trinajstić information content (AvgIpc) is 1.70. The van der Waals surface area contributed by atoms with E-state index in [0.717, 1.165) is 107 Å². The lowest BCUT2D eigenvalue weighted by atomic mass is 9.79. The largest absolute Gasteiger partial charge is 0.488 e. The highest BCUT2D eigenvalue weighted by Gasteiger charge is 2.22. The van der Waals surface area contributed by atoms with Crippen LogP contribution in [0.2, 0.25) is 0 Å². The molecule has 0 saturated carbocycles. The van der Waals surface area contributed by atoms with Crippen molar-refractivity contribution >= 4 is 211 Å². The van der Waals surface area contributed by atoms with Crippen molar-refractivity contribution in [2.45, 2.75) is 27.7 Å². The molecule has 23 nitrogen and oxygen atoms in total. The number of benzene rings is 9. The molecule has 18 rings (SSSR count). The maximum Gasteiger partial charge on any atom is 0.488 e. The first-order valence-corrected chi connectivity index (χ1v) is 48.3. The van der Waals surface area contributed by atoms with Gasteiger partial charge >= 0.3 is 34.2 Å². The molecule has 0 spiro atoms. The lowest BCUT2D eigenvalue weighted by Crippen LogP contribution is -2.30. The van der Waals surface area contributed by atoms with Gasteiger partial charge < -0.3 is 77.1 Å². The van der Waals surface area contributed by atoms with Crippen LogP contribution in [0, 0.1) is 33.5 Å². The zero-order chi connectivity index (χ0) is 96.3. The van der Waals surface area contributed by atoms with Crippen LogP contribution in [0.15, 0.2) is 342 Å². The van der Waals surface area contributed by atoms with Crippen molar-refractivity contribution in [1.82, 2.24) is 9.97 Å². The second-order valence-electron chi connectivity index (χ2n) is 29.9. The van der Waals surface area contributed by atoms with E-state index in [9.17, 15) is 48.0 Å². The van der Waals surface area contributed by atoms with Crippen molar-refractivity contribution in [2.75, 3.05) is 31.9 Å². The first-order valence-electron chi connectivity index (χ1n) is 41.5. The van der Waals surface area contributed by atoms with Crippen LogP contribution in [0.25, 0.3) is 62.6 Å². The number of hydrogen-bond acceptors (Lipinski definition) is 24. The second kappa shape index (κ2) is 48.4. The molecule has 6 amide bonds. The van der Waals surface area contributed by atoms with Crippen molar-refractivity contribution in [3.05, 3.63) is 405 Å². The van der Waals surface area contributed by atoms with Crippen molar-refractivity contribution in [3.8, 4) is 62.6 Å². The van der Waals surface area contributed by atoms with Crippen LogP contribution in [-0.2, 0) is 0 Å². The van der Waals surface area contributed by atoms with E-state index in [0.29, 0.717) is 51.9 Å². The molecule has 0 fully saturated rings. The van der Waals surface area contributed by atoms with E-state index in [4.69, 9.17) is 30.1 Å². The third kappa shape index (κ3) is 28.4. The zero-order valence-corrected chi connectivity index (χ0v) is 79.2. The zero-order valence-electron chi connectivity index (χ0n) is 72.7. The summed E-state index contributed by atoms with van der Waals surface area (Å²) in [6.07, 6.45) is 3.08. The molecule has 0 aliphatic carbocycles. The summed E-state index contributed by atoms with van der Waals surface area (Å²) in [5, 5.41) is 98.1. The quantitative estimate of drug-likeness (QED) is 0.0280. The number of rotatable bonds is 22. The molecule has 15 N–H and O–H groups in total. The third-order valence-electron chi connectivity index (χ3n) is 19.9.